The van der Waals surface area contributed by atoms with E-state index < -0.39 is 0 Å². The number of pyridine rings is 1. The Labute approximate surface area is 422 Å². The number of fused-ring (bicyclic) bond motifs is 4. The number of halogens is 2. The Morgan fingerprint density at radius 2 is 1.11 bits per heavy atom. The second kappa shape index (κ2) is 18.2. The maximum absolute atomic E-state index is 14.6. The third-order valence-corrected chi connectivity index (χ3v) is 13.0. The monoisotopic (exact) mass is 1100 g/mol. The maximum atomic E-state index is 14.6. The van der Waals surface area contributed by atoms with Crippen LogP contribution in [0.4, 0.5) is 31.5 Å². The number of para-hydroxylation sites is 3. The summed E-state index contributed by atoms with van der Waals surface area (Å²) in [6.45, 7) is 15.2. The van der Waals surface area contributed by atoms with Gasteiger partial charge in [0.25, 0.3) is 0 Å². The molecule has 0 fully saturated rings. The standard InChI is InChI=1S/C62H49F2N4O.Pt/c1-61(2,3)44-30-31-65-59(36-44)68-55-17-11-10-16-51(55)52-29-28-49(38-58(52)68)69-50-33-43(40-14-8-7-9-15-40)32-48(37-50)66-39-67(57-19-13-12-18-56(57)66)60-53(41-20-24-46(63)25-21-41)34-45(62(4,5)6)35-54(60)42-22-26-47(64)27-23-42;/h7-36,39H,1-6H3;/q-3;. The van der Waals surface area contributed by atoms with E-state index in [9.17, 15) is 8.78 Å². The molecule has 0 saturated carbocycles. The molecule has 11 rings (SSSR count). The molecule has 8 heteroatoms. The third kappa shape index (κ3) is 8.69. The normalized spacial score (nSPS) is 12.6. The van der Waals surface area contributed by atoms with Gasteiger partial charge in [-0.15, -0.1) is 53.6 Å². The van der Waals surface area contributed by atoms with Crippen molar-refractivity contribution >= 4 is 44.6 Å². The zero-order chi connectivity index (χ0) is 47.6. The SMILES string of the molecule is CC(C)(C)c1ccnc(-n2c3[c-]c(Oc4[c-]c(N5[CH-]N(c6c(-c7ccc(F)cc7)cc(C(C)(C)C)cc6-c6ccc(F)cc6)c6ccccc65)cc(-c5ccccc5)c4)ccc3c3ccccc32)c1.[Pt]. The van der Waals surface area contributed by atoms with Gasteiger partial charge in [-0.3, -0.25) is 0 Å². The van der Waals surface area contributed by atoms with E-state index in [1.54, 1.807) is 0 Å². The summed E-state index contributed by atoms with van der Waals surface area (Å²) in [5, 5.41) is 2.15. The van der Waals surface area contributed by atoms with Crippen LogP contribution in [-0.4, -0.2) is 9.55 Å². The van der Waals surface area contributed by atoms with E-state index >= 15 is 0 Å². The summed E-state index contributed by atoms with van der Waals surface area (Å²) in [6, 6.07) is 64.3. The first-order chi connectivity index (χ1) is 33.3. The van der Waals surface area contributed by atoms with E-state index in [0.717, 1.165) is 89.3 Å². The van der Waals surface area contributed by atoms with Crippen LogP contribution in [0.15, 0.2) is 182 Å². The predicted octanol–water partition coefficient (Wildman–Crippen LogP) is 16.9. The Morgan fingerprint density at radius 1 is 0.514 bits per heavy atom. The van der Waals surface area contributed by atoms with Gasteiger partial charge in [-0.25, -0.2) is 13.8 Å². The summed E-state index contributed by atoms with van der Waals surface area (Å²) >= 11 is 0. The average Bonchev–Trinajstić information content (AvgIpc) is 3.90. The van der Waals surface area contributed by atoms with Gasteiger partial charge in [0, 0.05) is 72.5 Å². The average molecular weight is 1100 g/mol. The van der Waals surface area contributed by atoms with Gasteiger partial charge in [-0.2, -0.15) is 6.07 Å². The molecule has 1 aliphatic rings. The molecular weight excluding hydrogens is 1050 g/mol. The van der Waals surface area contributed by atoms with Crippen molar-refractivity contribution in [1.29, 1.82) is 0 Å². The molecule has 0 amide bonds. The zero-order valence-electron chi connectivity index (χ0n) is 39.7. The number of ether oxygens (including phenoxy) is 1. The first kappa shape index (κ1) is 46.4. The van der Waals surface area contributed by atoms with Crippen molar-refractivity contribution in [3.05, 3.63) is 224 Å². The number of aromatic nitrogens is 2. The topological polar surface area (TPSA) is 33.5 Å². The molecule has 0 unspecified atom stereocenters. The Balaban J connectivity index is 0.00000567. The van der Waals surface area contributed by atoms with Crippen molar-refractivity contribution in [3.63, 3.8) is 0 Å². The van der Waals surface area contributed by atoms with Crippen molar-refractivity contribution < 1.29 is 34.6 Å². The van der Waals surface area contributed by atoms with Crippen LogP contribution < -0.4 is 14.5 Å². The Hall–Kier alpha value is -7.34. The smallest absolute Gasteiger partial charge is 0.135 e. The fraction of sp³-hybridized carbons (Fsp3) is 0.129. The van der Waals surface area contributed by atoms with Gasteiger partial charge in [-0.1, -0.05) is 132 Å². The molecule has 5 nitrogen and oxygen atoms in total. The van der Waals surface area contributed by atoms with Crippen LogP contribution in [0.1, 0.15) is 52.7 Å². The molecule has 1 aliphatic heterocycles. The van der Waals surface area contributed by atoms with Gasteiger partial charge in [-0.05, 0) is 111 Å². The fourth-order valence-corrected chi connectivity index (χ4v) is 9.32. The maximum Gasteiger partial charge on any atom is 0.135 e. The Kier molecular flexibility index (Phi) is 12.1. The minimum Gasteiger partial charge on any atom is -0.509 e. The predicted molar refractivity (Wildman–Crippen MR) is 278 cm³/mol. The second-order valence-electron chi connectivity index (χ2n) is 19.7. The van der Waals surface area contributed by atoms with Crippen molar-refractivity contribution in [2.75, 3.05) is 9.80 Å². The number of hydrogen-bond acceptors (Lipinski definition) is 4. The van der Waals surface area contributed by atoms with Crippen LogP contribution in [0, 0.1) is 30.4 Å². The van der Waals surface area contributed by atoms with Crippen molar-refractivity contribution in [3.8, 4) is 50.7 Å². The van der Waals surface area contributed by atoms with Crippen LogP contribution >= 0.6 is 0 Å². The summed E-state index contributed by atoms with van der Waals surface area (Å²) in [4.78, 5) is 9.20. The Morgan fingerprint density at radius 3 is 1.76 bits per heavy atom. The quantitative estimate of drug-likeness (QED) is 0.142. The summed E-state index contributed by atoms with van der Waals surface area (Å²) in [6.07, 6.45) is 1.88. The molecule has 0 radical (unpaired) electrons. The molecule has 0 N–H and O–H groups in total. The minimum atomic E-state index is -0.315. The van der Waals surface area contributed by atoms with E-state index in [4.69, 9.17) is 9.72 Å². The van der Waals surface area contributed by atoms with E-state index in [1.807, 2.05) is 72.9 Å². The minimum absolute atomic E-state index is 0. The van der Waals surface area contributed by atoms with Crippen LogP contribution in [0.25, 0.3) is 61.0 Å². The van der Waals surface area contributed by atoms with Crippen molar-refractivity contribution in [2.24, 2.45) is 0 Å². The Bertz CT molecular complexity index is 3490. The molecule has 0 bridgehead atoms. The molecule has 0 atom stereocenters. The van der Waals surface area contributed by atoms with Gasteiger partial charge in [0.15, 0.2) is 0 Å². The van der Waals surface area contributed by atoms with Gasteiger partial charge >= 0.3 is 0 Å². The van der Waals surface area contributed by atoms with Gasteiger partial charge in [0.1, 0.15) is 17.5 Å². The molecule has 0 spiro atoms. The van der Waals surface area contributed by atoms with E-state index in [0.29, 0.717) is 11.5 Å². The first-order valence-electron chi connectivity index (χ1n) is 23.2. The van der Waals surface area contributed by atoms with Crippen LogP contribution in [0.2, 0.25) is 0 Å². The van der Waals surface area contributed by atoms with Crippen LogP contribution in [0.5, 0.6) is 11.5 Å². The van der Waals surface area contributed by atoms with Crippen molar-refractivity contribution in [1.82, 2.24) is 9.55 Å². The van der Waals surface area contributed by atoms with Crippen molar-refractivity contribution in [2.45, 2.75) is 52.4 Å². The molecule has 70 heavy (non-hydrogen) atoms. The number of hydrogen-bond donors (Lipinski definition) is 0. The third-order valence-electron chi connectivity index (χ3n) is 13.0. The fourth-order valence-electron chi connectivity index (χ4n) is 9.32. The number of anilines is 4. The van der Waals surface area contributed by atoms with E-state index in [-0.39, 0.29) is 43.5 Å². The molecule has 8 aromatic carbocycles. The number of rotatable bonds is 8. The van der Waals surface area contributed by atoms with Crippen LogP contribution in [0.3, 0.4) is 0 Å². The number of benzene rings is 8. The molecular formula is C62H49F2N4OPt-3. The molecule has 2 aromatic heterocycles. The summed E-state index contributed by atoms with van der Waals surface area (Å²) in [5.41, 5.74) is 12.8. The van der Waals surface area contributed by atoms with Crippen LogP contribution in [-0.2, 0) is 31.9 Å². The van der Waals surface area contributed by atoms with E-state index in [2.05, 4.69) is 160 Å². The zero-order valence-corrected chi connectivity index (χ0v) is 41.9. The summed E-state index contributed by atoms with van der Waals surface area (Å²) in [5.74, 6) is 1.23. The molecule has 3 heterocycles. The van der Waals surface area contributed by atoms with Gasteiger partial charge in [0.2, 0.25) is 0 Å². The largest absolute Gasteiger partial charge is 0.509 e. The van der Waals surface area contributed by atoms with E-state index in [1.165, 1.54) is 29.8 Å². The number of nitrogens with zero attached hydrogens (tertiary/aromatic N) is 4. The molecule has 350 valence electrons. The van der Waals surface area contributed by atoms with Gasteiger partial charge < -0.3 is 19.1 Å². The first-order valence-corrected chi connectivity index (χ1v) is 23.2. The summed E-state index contributed by atoms with van der Waals surface area (Å²) in [7, 11) is 0. The molecule has 0 saturated heterocycles. The molecule has 0 aliphatic carbocycles. The summed E-state index contributed by atoms with van der Waals surface area (Å²) < 4.78 is 38.2. The van der Waals surface area contributed by atoms with Gasteiger partial charge in [0.05, 0.1) is 0 Å². The molecule has 10 aromatic rings. The second-order valence-corrected chi connectivity index (χ2v) is 19.7.